The van der Waals surface area contributed by atoms with Crippen molar-refractivity contribution in [2.75, 3.05) is 5.75 Å². The molecule has 0 aliphatic carbocycles. The molecule has 1 aliphatic rings. The van der Waals surface area contributed by atoms with Gasteiger partial charge in [0, 0.05) is 5.75 Å². The van der Waals surface area contributed by atoms with Gasteiger partial charge in [-0.3, -0.25) is 4.90 Å². The van der Waals surface area contributed by atoms with E-state index in [-0.39, 0.29) is 5.37 Å². The summed E-state index contributed by atoms with van der Waals surface area (Å²) in [5, 5.41) is 9.06. The van der Waals surface area contributed by atoms with Crippen LogP contribution in [0.3, 0.4) is 0 Å². The van der Waals surface area contributed by atoms with Gasteiger partial charge in [-0.15, -0.1) is 11.8 Å². The first-order chi connectivity index (χ1) is 8.26. The van der Waals surface area contributed by atoms with Crippen LogP contribution in [-0.2, 0) is 9.53 Å². The summed E-state index contributed by atoms with van der Waals surface area (Å²) in [6.07, 6.45) is 1.16. The van der Waals surface area contributed by atoms with Gasteiger partial charge in [0.15, 0.2) is 0 Å². The zero-order chi connectivity index (χ0) is 13.9. The highest BCUT2D eigenvalue weighted by molar-refractivity contribution is 8.00. The Hall–Kier alpha value is -0.910. The Bertz CT molecular complexity index is 327. The third kappa shape index (κ3) is 3.80. The predicted octanol–water partition coefficient (Wildman–Crippen LogP) is 2.55. The number of amides is 1. The van der Waals surface area contributed by atoms with Gasteiger partial charge >= 0.3 is 12.1 Å². The second-order valence-corrected chi connectivity index (χ2v) is 6.53. The predicted molar refractivity (Wildman–Crippen MR) is 70.7 cm³/mol. The molecule has 1 N–H and O–H groups in total. The van der Waals surface area contributed by atoms with Crippen molar-refractivity contribution in [3.63, 3.8) is 0 Å². The molecule has 0 spiro atoms. The van der Waals surface area contributed by atoms with Crippen molar-refractivity contribution >= 4 is 23.8 Å². The molecule has 1 saturated heterocycles. The third-order valence-corrected chi connectivity index (χ3v) is 3.87. The van der Waals surface area contributed by atoms with Crippen molar-refractivity contribution in [1.82, 2.24) is 4.90 Å². The second-order valence-electron chi connectivity index (χ2n) is 5.32. The van der Waals surface area contributed by atoms with Crippen LogP contribution in [0.5, 0.6) is 0 Å². The van der Waals surface area contributed by atoms with Crippen LogP contribution in [-0.4, -0.2) is 44.8 Å². The summed E-state index contributed by atoms with van der Waals surface area (Å²) in [5.74, 6) is -0.536. The van der Waals surface area contributed by atoms with Gasteiger partial charge in [-0.1, -0.05) is 13.3 Å². The molecular weight excluding hydrogens is 254 g/mol. The number of carbonyl (C=O) groups is 2. The Balaban J connectivity index is 2.82. The zero-order valence-corrected chi connectivity index (χ0v) is 12.1. The van der Waals surface area contributed by atoms with Crippen LogP contribution < -0.4 is 0 Å². The minimum absolute atomic E-state index is 0.0917. The van der Waals surface area contributed by atoms with Crippen molar-refractivity contribution in [3.8, 4) is 0 Å². The average Bonchev–Trinajstić information content (AvgIpc) is 2.59. The van der Waals surface area contributed by atoms with E-state index in [1.54, 1.807) is 20.8 Å². The molecule has 0 aromatic rings. The van der Waals surface area contributed by atoms with E-state index in [4.69, 9.17) is 9.84 Å². The molecule has 6 heteroatoms. The number of rotatable bonds is 3. The topological polar surface area (TPSA) is 66.8 Å². The fraction of sp³-hybridized carbons (Fsp3) is 0.833. The molecule has 2 atom stereocenters. The molecule has 1 aliphatic heterocycles. The molecule has 104 valence electrons. The maximum absolute atomic E-state index is 12.1. The Labute approximate surface area is 112 Å². The Morgan fingerprint density at radius 2 is 2.06 bits per heavy atom. The summed E-state index contributed by atoms with van der Waals surface area (Å²) in [5.41, 5.74) is -0.607. The summed E-state index contributed by atoms with van der Waals surface area (Å²) in [7, 11) is 0. The molecule has 0 aromatic heterocycles. The fourth-order valence-electron chi connectivity index (χ4n) is 1.78. The van der Waals surface area contributed by atoms with Gasteiger partial charge in [0.25, 0.3) is 0 Å². The van der Waals surface area contributed by atoms with Crippen molar-refractivity contribution in [2.24, 2.45) is 0 Å². The molecule has 0 bridgehead atoms. The highest BCUT2D eigenvalue weighted by Gasteiger charge is 2.43. The normalized spacial score (nSPS) is 24.1. The lowest BCUT2D eigenvalue weighted by atomic mass is 10.2. The maximum Gasteiger partial charge on any atom is 0.411 e. The van der Waals surface area contributed by atoms with Crippen LogP contribution in [0.15, 0.2) is 0 Å². The van der Waals surface area contributed by atoms with E-state index in [1.807, 2.05) is 6.92 Å². The molecular formula is C12H21NO4S. The van der Waals surface area contributed by atoms with Crippen LogP contribution in [0.25, 0.3) is 0 Å². The van der Waals surface area contributed by atoms with Gasteiger partial charge in [-0.25, -0.2) is 9.59 Å². The van der Waals surface area contributed by atoms with Gasteiger partial charge < -0.3 is 9.84 Å². The van der Waals surface area contributed by atoms with Gasteiger partial charge in [-0.05, 0) is 27.2 Å². The van der Waals surface area contributed by atoms with Crippen LogP contribution in [0.4, 0.5) is 4.79 Å². The van der Waals surface area contributed by atoms with E-state index >= 15 is 0 Å². The number of ether oxygens (including phenoxy) is 1. The van der Waals surface area contributed by atoms with Crippen LogP contribution >= 0.6 is 11.8 Å². The second kappa shape index (κ2) is 5.82. The standard InChI is InChI=1S/C12H21NO4S/c1-5-6-9-13(8(7-18-9)10(14)15)11(16)17-12(2,3)4/h8-9H,5-7H2,1-4H3,(H,14,15). The van der Waals surface area contributed by atoms with Gasteiger partial charge in [-0.2, -0.15) is 0 Å². The van der Waals surface area contributed by atoms with E-state index in [9.17, 15) is 9.59 Å². The third-order valence-electron chi connectivity index (χ3n) is 2.52. The summed E-state index contributed by atoms with van der Waals surface area (Å²) in [6, 6.07) is -0.776. The summed E-state index contributed by atoms with van der Waals surface area (Å²) in [6.45, 7) is 7.35. The number of thioether (sulfide) groups is 1. The number of nitrogens with zero attached hydrogens (tertiary/aromatic N) is 1. The first-order valence-corrected chi connectivity index (χ1v) is 7.17. The van der Waals surface area contributed by atoms with Crippen molar-refractivity contribution in [3.05, 3.63) is 0 Å². The number of hydrogen-bond donors (Lipinski definition) is 1. The molecule has 18 heavy (non-hydrogen) atoms. The monoisotopic (exact) mass is 275 g/mol. The molecule has 1 fully saturated rings. The Morgan fingerprint density at radius 1 is 1.44 bits per heavy atom. The molecule has 0 aromatic carbocycles. The summed E-state index contributed by atoms with van der Waals surface area (Å²) < 4.78 is 5.29. The van der Waals surface area contributed by atoms with Gasteiger partial charge in [0.1, 0.15) is 11.6 Å². The number of hydrogen-bond acceptors (Lipinski definition) is 4. The van der Waals surface area contributed by atoms with E-state index < -0.39 is 23.7 Å². The highest BCUT2D eigenvalue weighted by Crippen LogP contribution is 2.33. The number of carbonyl (C=O) groups excluding carboxylic acids is 1. The summed E-state index contributed by atoms with van der Waals surface area (Å²) in [4.78, 5) is 24.6. The van der Waals surface area contributed by atoms with E-state index in [2.05, 4.69) is 0 Å². The van der Waals surface area contributed by atoms with Crippen molar-refractivity contribution < 1.29 is 19.4 Å². The fourth-order valence-corrected chi connectivity index (χ4v) is 3.29. The quantitative estimate of drug-likeness (QED) is 0.857. The molecule has 0 radical (unpaired) electrons. The van der Waals surface area contributed by atoms with Gasteiger partial charge in [0.05, 0.1) is 5.37 Å². The van der Waals surface area contributed by atoms with Gasteiger partial charge in [0.2, 0.25) is 0 Å². The first kappa shape index (κ1) is 15.1. The lowest BCUT2D eigenvalue weighted by Crippen LogP contribution is -2.47. The lowest BCUT2D eigenvalue weighted by Gasteiger charge is -2.30. The molecule has 1 heterocycles. The van der Waals surface area contributed by atoms with E-state index in [1.165, 1.54) is 16.7 Å². The maximum atomic E-state index is 12.1. The van der Waals surface area contributed by atoms with E-state index in [0.717, 1.165) is 12.8 Å². The van der Waals surface area contributed by atoms with E-state index in [0.29, 0.717) is 5.75 Å². The molecule has 0 saturated carbocycles. The minimum atomic E-state index is -0.966. The average molecular weight is 275 g/mol. The molecule has 5 nitrogen and oxygen atoms in total. The first-order valence-electron chi connectivity index (χ1n) is 6.12. The van der Waals surface area contributed by atoms with Crippen LogP contribution in [0, 0.1) is 0 Å². The smallest absolute Gasteiger partial charge is 0.411 e. The SMILES string of the molecule is CCCC1SCC(C(=O)O)N1C(=O)OC(C)(C)C. The summed E-state index contributed by atoms with van der Waals surface area (Å²) >= 11 is 1.51. The number of carboxylic acids is 1. The largest absolute Gasteiger partial charge is 0.480 e. The molecule has 1 rings (SSSR count). The molecule has 2 unspecified atom stereocenters. The Morgan fingerprint density at radius 3 is 2.50 bits per heavy atom. The number of carboxylic acid groups (broad SMARTS) is 1. The zero-order valence-electron chi connectivity index (χ0n) is 11.3. The Kier molecular flexibility index (Phi) is 4.90. The lowest BCUT2D eigenvalue weighted by molar-refractivity contribution is -0.142. The van der Waals surface area contributed by atoms with Crippen molar-refractivity contribution in [2.45, 2.75) is 57.6 Å². The molecule has 1 amide bonds. The van der Waals surface area contributed by atoms with Crippen LogP contribution in [0.1, 0.15) is 40.5 Å². The minimum Gasteiger partial charge on any atom is -0.480 e. The highest BCUT2D eigenvalue weighted by atomic mass is 32.2. The van der Waals surface area contributed by atoms with Crippen LogP contribution in [0.2, 0.25) is 0 Å². The number of aliphatic carboxylic acids is 1. The van der Waals surface area contributed by atoms with Crippen molar-refractivity contribution in [1.29, 1.82) is 0 Å².